The number of benzene rings is 7. The van der Waals surface area contributed by atoms with Gasteiger partial charge in [-0.2, -0.15) is 0 Å². The minimum atomic E-state index is 0.699. The van der Waals surface area contributed by atoms with E-state index in [2.05, 4.69) is 152 Å². The molecule has 0 bridgehead atoms. The van der Waals surface area contributed by atoms with E-state index in [1.54, 1.807) is 6.33 Å². The van der Waals surface area contributed by atoms with Gasteiger partial charge >= 0.3 is 0 Å². The highest BCUT2D eigenvalue weighted by molar-refractivity contribution is 7.26. The van der Waals surface area contributed by atoms with Crippen LogP contribution in [0.3, 0.4) is 0 Å². The summed E-state index contributed by atoms with van der Waals surface area (Å²) in [7, 11) is 0. The molecule has 3 heterocycles. The summed E-state index contributed by atoms with van der Waals surface area (Å²) in [6.45, 7) is 0. The molecule has 0 unspecified atom stereocenters. The van der Waals surface area contributed by atoms with E-state index in [-0.39, 0.29) is 0 Å². The zero-order valence-electron chi connectivity index (χ0n) is 26.9. The van der Waals surface area contributed by atoms with Crippen LogP contribution in [-0.4, -0.2) is 9.97 Å². The molecule has 4 heteroatoms. The third kappa shape index (κ3) is 4.80. The van der Waals surface area contributed by atoms with Crippen LogP contribution in [0.5, 0.6) is 0 Å². The molecule has 7 aromatic carbocycles. The van der Waals surface area contributed by atoms with Gasteiger partial charge in [0.1, 0.15) is 23.1 Å². The highest BCUT2D eigenvalue weighted by Gasteiger charge is 2.17. The van der Waals surface area contributed by atoms with Crippen molar-refractivity contribution >= 4 is 53.6 Å². The van der Waals surface area contributed by atoms with E-state index in [4.69, 9.17) is 14.4 Å². The van der Waals surface area contributed by atoms with Crippen molar-refractivity contribution in [3.8, 4) is 55.8 Å². The van der Waals surface area contributed by atoms with Crippen molar-refractivity contribution in [2.75, 3.05) is 0 Å². The van der Waals surface area contributed by atoms with Crippen LogP contribution in [0.25, 0.3) is 98.0 Å². The van der Waals surface area contributed by atoms with E-state index < -0.39 is 0 Å². The summed E-state index contributed by atoms with van der Waals surface area (Å²) in [5.41, 5.74) is 13.6. The van der Waals surface area contributed by atoms with Gasteiger partial charge in [-0.15, -0.1) is 11.3 Å². The highest BCUT2D eigenvalue weighted by Crippen LogP contribution is 2.42. The number of hydrogen-bond donors (Lipinski definition) is 0. The van der Waals surface area contributed by atoms with E-state index in [9.17, 15) is 0 Å². The van der Waals surface area contributed by atoms with Crippen molar-refractivity contribution in [2.45, 2.75) is 0 Å². The number of hydrogen-bond acceptors (Lipinski definition) is 4. The molecule has 0 radical (unpaired) electrons. The second kappa shape index (κ2) is 11.7. The van der Waals surface area contributed by atoms with Crippen LogP contribution in [0.15, 0.2) is 175 Å². The average molecular weight is 657 g/mol. The number of aromatic nitrogens is 2. The highest BCUT2D eigenvalue weighted by atomic mass is 32.1. The first-order chi connectivity index (χ1) is 24.8. The maximum atomic E-state index is 6.49. The van der Waals surface area contributed by atoms with Crippen LogP contribution in [0, 0.1) is 0 Å². The first kappa shape index (κ1) is 28.6. The number of thiophene rings is 1. The Bertz CT molecular complexity index is 2850. The van der Waals surface area contributed by atoms with Crippen LogP contribution in [0.4, 0.5) is 0 Å². The Balaban J connectivity index is 1.04. The molecule has 0 amide bonds. The first-order valence-electron chi connectivity index (χ1n) is 16.7. The molecule has 3 aromatic heterocycles. The summed E-state index contributed by atoms with van der Waals surface area (Å²) in [6.07, 6.45) is 1.65. The van der Waals surface area contributed by atoms with E-state index in [0.717, 1.165) is 44.4 Å². The summed E-state index contributed by atoms with van der Waals surface area (Å²) >= 11 is 1.85. The van der Waals surface area contributed by atoms with Gasteiger partial charge < -0.3 is 4.42 Å². The molecule has 234 valence electrons. The smallest absolute Gasteiger partial charge is 0.180 e. The Morgan fingerprint density at radius 3 is 1.80 bits per heavy atom. The molecule has 0 spiro atoms. The SMILES string of the molecule is c1ccc(-c2ccc(-c3ccc4oc5c(-c6cccc(-c7cccc8c7sc7ccc(-c9ccccc9)cc78)c6)ncnc5c4c3)cc2)cc1. The van der Waals surface area contributed by atoms with Gasteiger partial charge in [0.25, 0.3) is 0 Å². The summed E-state index contributed by atoms with van der Waals surface area (Å²) in [4.78, 5) is 9.48. The maximum absolute atomic E-state index is 6.49. The van der Waals surface area contributed by atoms with Crippen LogP contribution in [0.1, 0.15) is 0 Å². The van der Waals surface area contributed by atoms with E-state index >= 15 is 0 Å². The molecule has 50 heavy (non-hydrogen) atoms. The fraction of sp³-hybridized carbons (Fsp3) is 0. The molecule has 0 fully saturated rings. The standard InChI is InChI=1S/C46H28N2OS/c1-3-9-29(10-4-1)31-17-19-32(20-18-31)33-21-23-41-40(27-33)44-45(49-41)43(47-28-48-44)36-14-7-13-35(25-36)37-15-8-16-38-39-26-34(30-11-5-2-6-12-30)22-24-42(39)50-46(37)38/h1-28H. The zero-order valence-corrected chi connectivity index (χ0v) is 27.7. The van der Waals surface area contributed by atoms with Gasteiger partial charge in [-0.1, -0.05) is 133 Å². The van der Waals surface area contributed by atoms with Gasteiger partial charge in [0.2, 0.25) is 0 Å². The second-order valence-corrected chi connectivity index (χ2v) is 13.7. The Hall–Kier alpha value is -6.36. The molecule has 3 nitrogen and oxygen atoms in total. The van der Waals surface area contributed by atoms with Crippen molar-refractivity contribution in [3.63, 3.8) is 0 Å². The van der Waals surface area contributed by atoms with E-state index in [0.29, 0.717) is 5.58 Å². The van der Waals surface area contributed by atoms with Crippen molar-refractivity contribution in [2.24, 2.45) is 0 Å². The number of nitrogens with zero attached hydrogens (tertiary/aromatic N) is 2. The van der Waals surface area contributed by atoms with Gasteiger partial charge in [0.05, 0.1) is 0 Å². The largest absolute Gasteiger partial charge is 0.452 e. The number of furan rings is 1. The fourth-order valence-corrected chi connectivity index (χ4v) is 8.34. The minimum Gasteiger partial charge on any atom is -0.452 e. The molecule has 10 rings (SSSR count). The molecule has 0 atom stereocenters. The zero-order chi connectivity index (χ0) is 33.0. The third-order valence-electron chi connectivity index (χ3n) is 9.63. The van der Waals surface area contributed by atoms with Gasteiger partial charge in [-0.25, -0.2) is 9.97 Å². The number of rotatable bonds is 5. The van der Waals surface area contributed by atoms with Crippen LogP contribution in [-0.2, 0) is 0 Å². The Kier molecular flexibility index (Phi) is 6.68. The predicted octanol–water partition coefficient (Wildman–Crippen LogP) is 13.1. The van der Waals surface area contributed by atoms with Gasteiger partial charge in [0.15, 0.2) is 5.58 Å². The Labute approximate surface area is 292 Å². The van der Waals surface area contributed by atoms with E-state index in [1.807, 2.05) is 23.5 Å². The molecule has 10 aromatic rings. The average Bonchev–Trinajstić information content (AvgIpc) is 3.76. The second-order valence-electron chi connectivity index (χ2n) is 12.6. The van der Waals surface area contributed by atoms with Gasteiger partial charge in [-0.05, 0) is 74.8 Å². The topological polar surface area (TPSA) is 38.9 Å². The lowest BCUT2D eigenvalue weighted by atomic mass is 9.98. The third-order valence-corrected chi connectivity index (χ3v) is 10.8. The monoisotopic (exact) mass is 656 g/mol. The lowest BCUT2D eigenvalue weighted by Crippen LogP contribution is -1.88. The fourth-order valence-electron chi connectivity index (χ4n) is 7.12. The minimum absolute atomic E-state index is 0.699. The summed E-state index contributed by atoms with van der Waals surface area (Å²) in [5.74, 6) is 0. The molecular formula is C46H28N2OS. The molecular weight excluding hydrogens is 629 g/mol. The summed E-state index contributed by atoms with van der Waals surface area (Å²) in [5, 5.41) is 3.54. The van der Waals surface area contributed by atoms with Crippen molar-refractivity contribution in [3.05, 3.63) is 170 Å². The van der Waals surface area contributed by atoms with E-state index in [1.165, 1.54) is 48.0 Å². The normalized spacial score (nSPS) is 11.6. The first-order valence-corrected chi connectivity index (χ1v) is 17.5. The molecule has 0 saturated heterocycles. The summed E-state index contributed by atoms with van der Waals surface area (Å²) < 4.78 is 9.06. The van der Waals surface area contributed by atoms with Crippen LogP contribution < -0.4 is 0 Å². The van der Waals surface area contributed by atoms with Crippen molar-refractivity contribution < 1.29 is 4.42 Å². The maximum Gasteiger partial charge on any atom is 0.180 e. The predicted molar refractivity (Wildman–Crippen MR) is 209 cm³/mol. The number of fused-ring (bicyclic) bond motifs is 6. The molecule has 0 saturated carbocycles. The Morgan fingerprint density at radius 1 is 0.420 bits per heavy atom. The molecule has 0 aliphatic carbocycles. The van der Waals surface area contributed by atoms with Crippen LogP contribution in [0.2, 0.25) is 0 Å². The van der Waals surface area contributed by atoms with Crippen LogP contribution >= 0.6 is 11.3 Å². The lowest BCUT2D eigenvalue weighted by molar-refractivity contribution is 0.667. The van der Waals surface area contributed by atoms with Gasteiger partial charge in [-0.3, -0.25) is 0 Å². The Morgan fingerprint density at radius 2 is 1.02 bits per heavy atom. The molecule has 0 aliphatic heterocycles. The molecule has 0 aliphatic rings. The summed E-state index contributed by atoms with van der Waals surface area (Å²) in [6, 6.07) is 58.2. The van der Waals surface area contributed by atoms with Gasteiger partial charge in [0, 0.05) is 31.1 Å². The lowest BCUT2D eigenvalue weighted by Gasteiger charge is -2.07. The molecule has 0 N–H and O–H groups in total. The van der Waals surface area contributed by atoms with Crippen molar-refractivity contribution in [1.82, 2.24) is 9.97 Å². The van der Waals surface area contributed by atoms with Crippen molar-refractivity contribution in [1.29, 1.82) is 0 Å². The quantitative estimate of drug-likeness (QED) is 0.185.